The number of nitrogens with two attached hydrogens (primary N) is 1. The largest absolute Gasteiger partial charge is 0.475 e. The van der Waals surface area contributed by atoms with E-state index in [4.69, 9.17) is 15.0 Å². The summed E-state index contributed by atoms with van der Waals surface area (Å²) in [5, 5.41) is 0. The number of halogens is 3. The van der Waals surface area contributed by atoms with Crippen LogP contribution in [0.1, 0.15) is 44.7 Å². The monoisotopic (exact) mass is 367 g/mol. The van der Waals surface area contributed by atoms with Crippen molar-refractivity contribution in [3.8, 4) is 0 Å². The van der Waals surface area contributed by atoms with Crippen molar-refractivity contribution in [2.24, 2.45) is 23.0 Å². The standard InChI is InChI=1S/C19H25BF3NO2/c1-17(2)13-9-14(17)18(3)15(10-13)25-20(26-18)16(24)8-11-5-4-6-12(7-11)19(21,22)23/h4-7,13-16H,8-10,24H2,1-3H3. The maximum Gasteiger partial charge on any atom is 0.475 e. The highest BCUT2D eigenvalue weighted by Crippen LogP contribution is 2.65. The lowest BCUT2D eigenvalue weighted by Gasteiger charge is -2.64. The Morgan fingerprint density at radius 1 is 1.27 bits per heavy atom. The first-order valence-electron chi connectivity index (χ1n) is 9.27. The molecule has 1 heterocycles. The van der Waals surface area contributed by atoms with E-state index < -0.39 is 24.8 Å². The molecule has 3 nitrogen and oxygen atoms in total. The Morgan fingerprint density at radius 2 is 2.00 bits per heavy atom. The highest BCUT2D eigenvalue weighted by Gasteiger charge is 2.68. The van der Waals surface area contributed by atoms with Crippen molar-refractivity contribution < 1.29 is 22.5 Å². The number of alkyl halides is 3. The zero-order valence-corrected chi connectivity index (χ0v) is 15.3. The van der Waals surface area contributed by atoms with E-state index in [1.807, 2.05) is 0 Å². The van der Waals surface area contributed by atoms with Crippen molar-refractivity contribution in [2.45, 2.75) is 63.9 Å². The van der Waals surface area contributed by atoms with E-state index in [1.165, 1.54) is 6.07 Å². The van der Waals surface area contributed by atoms with E-state index in [1.54, 1.807) is 6.07 Å². The van der Waals surface area contributed by atoms with Gasteiger partial charge >= 0.3 is 13.3 Å². The summed E-state index contributed by atoms with van der Waals surface area (Å²) in [5.41, 5.74) is 6.06. The normalized spacial score (nSPS) is 36.4. The van der Waals surface area contributed by atoms with Crippen LogP contribution in [-0.4, -0.2) is 24.8 Å². The zero-order valence-electron chi connectivity index (χ0n) is 15.3. The van der Waals surface area contributed by atoms with Crippen molar-refractivity contribution in [1.29, 1.82) is 0 Å². The molecule has 3 saturated carbocycles. The molecule has 0 spiro atoms. The van der Waals surface area contributed by atoms with Gasteiger partial charge in [-0.2, -0.15) is 13.2 Å². The Balaban J connectivity index is 1.47. The average Bonchev–Trinajstić information content (AvgIpc) is 2.91. The minimum Gasteiger partial charge on any atom is -0.404 e. The molecular formula is C19H25BF3NO2. The van der Waals surface area contributed by atoms with Crippen molar-refractivity contribution in [1.82, 2.24) is 0 Å². The van der Waals surface area contributed by atoms with Crippen LogP contribution in [0.2, 0.25) is 0 Å². The van der Waals surface area contributed by atoms with Crippen molar-refractivity contribution >= 4 is 7.12 Å². The molecule has 26 heavy (non-hydrogen) atoms. The van der Waals surface area contributed by atoms with Gasteiger partial charge in [0.15, 0.2) is 0 Å². The molecule has 1 aliphatic heterocycles. The highest BCUT2D eigenvalue weighted by molar-refractivity contribution is 6.47. The number of rotatable bonds is 3. The smallest absolute Gasteiger partial charge is 0.404 e. The van der Waals surface area contributed by atoms with E-state index in [2.05, 4.69) is 20.8 Å². The van der Waals surface area contributed by atoms with E-state index in [0.717, 1.165) is 25.0 Å². The van der Waals surface area contributed by atoms with Crippen LogP contribution in [0.15, 0.2) is 24.3 Å². The molecule has 0 radical (unpaired) electrons. The summed E-state index contributed by atoms with van der Waals surface area (Å²) in [6.45, 7) is 6.68. The SMILES string of the molecule is CC1(C)C2CC3OB(C(N)Cc4cccc(C(F)(F)F)c4)OC3(C)C1C2. The first-order valence-corrected chi connectivity index (χ1v) is 9.27. The molecule has 3 aliphatic carbocycles. The predicted molar refractivity (Wildman–Crippen MR) is 93.2 cm³/mol. The molecule has 0 amide bonds. The molecule has 5 rings (SSSR count). The van der Waals surface area contributed by atoms with Crippen LogP contribution >= 0.6 is 0 Å². The molecule has 1 saturated heterocycles. The summed E-state index contributed by atoms with van der Waals surface area (Å²) in [7, 11) is -0.574. The molecule has 5 unspecified atom stereocenters. The van der Waals surface area contributed by atoms with Gasteiger partial charge in [-0.3, -0.25) is 0 Å². The fourth-order valence-electron chi connectivity index (χ4n) is 5.33. The molecule has 5 atom stereocenters. The maximum absolute atomic E-state index is 12.9. The average molecular weight is 367 g/mol. The minimum absolute atomic E-state index is 0.0248. The van der Waals surface area contributed by atoms with Crippen LogP contribution in [0.3, 0.4) is 0 Å². The lowest BCUT2D eigenvalue weighted by atomic mass is 9.43. The van der Waals surface area contributed by atoms with Crippen LogP contribution in [0, 0.1) is 17.3 Å². The maximum atomic E-state index is 12.9. The summed E-state index contributed by atoms with van der Waals surface area (Å²) < 4.78 is 51.1. The van der Waals surface area contributed by atoms with E-state index in [-0.39, 0.29) is 23.5 Å². The molecule has 0 aromatic heterocycles. The first-order chi connectivity index (χ1) is 12.0. The van der Waals surface area contributed by atoms with Crippen LogP contribution in [0.4, 0.5) is 13.2 Å². The number of hydrogen-bond donors (Lipinski definition) is 1. The van der Waals surface area contributed by atoms with Crippen molar-refractivity contribution in [3.05, 3.63) is 35.4 Å². The minimum atomic E-state index is -4.35. The van der Waals surface area contributed by atoms with Crippen LogP contribution in [0.25, 0.3) is 0 Å². The molecular weight excluding hydrogens is 342 g/mol. The Bertz CT molecular complexity index is 710. The lowest BCUT2D eigenvalue weighted by molar-refractivity contribution is -0.199. The molecule has 2 bridgehead atoms. The van der Waals surface area contributed by atoms with Gasteiger partial charge in [-0.1, -0.05) is 32.0 Å². The first kappa shape index (κ1) is 18.3. The van der Waals surface area contributed by atoms with E-state index in [0.29, 0.717) is 17.4 Å². The molecule has 1 aromatic carbocycles. The highest BCUT2D eigenvalue weighted by atomic mass is 19.4. The molecule has 7 heteroatoms. The number of benzene rings is 1. The van der Waals surface area contributed by atoms with Gasteiger partial charge in [0.05, 0.1) is 17.3 Å². The second kappa shape index (κ2) is 5.73. The van der Waals surface area contributed by atoms with Gasteiger partial charge in [-0.15, -0.1) is 0 Å². The van der Waals surface area contributed by atoms with Crippen molar-refractivity contribution in [3.63, 3.8) is 0 Å². The number of hydrogen-bond acceptors (Lipinski definition) is 3. The van der Waals surface area contributed by atoms with Gasteiger partial charge in [0.25, 0.3) is 0 Å². The Hall–Kier alpha value is -1.05. The van der Waals surface area contributed by atoms with Crippen LogP contribution < -0.4 is 5.73 Å². The fraction of sp³-hybridized carbons (Fsp3) is 0.684. The van der Waals surface area contributed by atoms with Crippen LogP contribution in [-0.2, 0) is 21.9 Å². The van der Waals surface area contributed by atoms with E-state index in [9.17, 15) is 13.2 Å². The summed E-state index contributed by atoms with van der Waals surface area (Å²) in [4.78, 5) is 0. The van der Waals surface area contributed by atoms with Gasteiger partial charge in [-0.25, -0.2) is 0 Å². The topological polar surface area (TPSA) is 44.5 Å². The Morgan fingerprint density at radius 3 is 2.65 bits per heavy atom. The lowest BCUT2D eigenvalue weighted by Crippen LogP contribution is -2.65. The third-order valence-corrected chi connectivity index (χ3v) is 7.04. The zero-order chi connectivity index (χ0) is 18.9. The molecule has 4 fully saturated rings. The van der Waals surface area contributed by atoms with Crippen LogP contribution in [0.5, 0.6) is 0 Å². The fourth-order valence-corrected chi connectivity index (χ4v) is 5.33. The van der Waals surface area contributed by atoms with Gasteiger partial charge in [-0.05, 0) is 55.1 Å². The molecule has 142 valence electrons. The van der Waals surface area contributed by atoms with E-state index >= 15 is 0 Å². The van der Waals surface area contributed by atoms with Gasteiger partial charge < -0.3 is 15.0 Å². The Labute approximate surface area is 152 Å². The third kappa shape index (κ3) is 2.71. The second-order valence-electron chi connectivity index (χ2n) is 8.90. The summed E-state index contributed by atoms with van der Waals surface area (Å²) in [6, 6.07) is 5.31. The summed E-state index contributed by atoms with van der Waals surface area (Å²) >= 11 is 0. The van der Waals surface area contributed by atoms with Gasteiger partial charge in [0, 0.05) is 5.94 Å². The van der Waals surface area contributed by atoms with Crippen molar-refractivity contribution in [2.75, 3.05) is 0 Å². The summed E-state index contributed by atoms with van der Waals surface area (Å²) in [6.07, 6.45) is -1.92. The predicted octanol–water partition coefficient (Wildman–Crippen LogP) is 3.84. The summed E-state index contributed by atoms with van der Waals surface area (Å²) in [5.74, 6) is 0.582. The third-order valence-electron chi connectivity index (χ3n) is 7.04. The molecule has 4 aliphatic rings. The van der Waals surface area contributed by atoms with Gasteiger partial charge in [0.2, 0.25) is 0 Å². The molecule has 2 N–H and O–H groups in total. The van der Waals surface area contributed by atoms with Gasteiger partial charge in [0.1, 0.15) is 0 Å². The second-order valence-corrected chi connectivity index (χ2v) is 8.90. The Kier molecular flexibility index (Phi) is 4.03. The quantitative estimate of drug-likeness (QED) is 0.826. The molecule has 1 aromatic rings.